The second kappa shape index (κ2) is 5.09. The van der Waals surface area contributed by atoms with Crippen molar-refractivity contribution < 1.29 is 4.39 Å². The molecule has 3 rings (SSSR count). The molecule has 0 bridgehead atoms. The highest BCUT2D eigenvalue weighted by Crippen LogP contribution is 2.26. The molecule has 0 aliphatic carbocycles. The monoisotopic (exact) mass is 265 g/mol. The van der Waals surface area contributed by atoms with Crippen LogP contribution in [0.2, 0.25) is 0 Å². The van der Waals surface area contributed by atoms with E-state index in [0.717, 1.165) is 17.3 Å². The van der Waals surface area contributed by atoms with Crippen LogP contribution in [0.4, 0.5) is 10.3 Å². The fourth-order valence-corrected chi connectivity index (χ4v) is 2.06. The van der Waals surface area contributed by atoms with Crippen LogP contribution in [0.3, 0.4) is 0 Å². The second-order valence-corrected chi connectivity index (χ2v) is 4.37. The van der Waals surface area contributed by atoms with Crippen LogP contribution in [0.5, 0.6) is 0 Å². The Morgan fingerprint density at radius 1 is 0.850 bits per heavy atom. The normalized spacial score (nSPS) is 10.4. The van der Waals surface area contributed by atoms with Crippen molar-refractivity contribution in [3.05, 3.63) is 66.6 Å². The van der Waals surface area contributed by atoms with Crippen molar-refractivity contribution in [3.63, 3.8) is 0 Å². The van der Waals surface area contributed by atoms with E-state index in [1.54, 1.807) is 6.07 Å². The number of halogens is 1. The molecule has 2 N–H and O–H groups in total. The van der Waals surface area contributed by atoms with Crippen LogP contribution in [-0.4, -0.2) is 9.97 Å². The summed E-state index contributed by atoms with van der Waals surface area (Å²) in [6, 6.07) is 17.4. The Morgan fingerprint density at radius 2 is 1.55 bits per heavy atom. The van der Waals surface area contributed by atoms with E-state index in [-0.39, 0.29) is 11.6 Å². The maximum absolute atomic E-state index is 13.8. The first-order valence-corrected chi connectivity index (χ1v) is 6.18. The van der Waals surface area contributed by atoms with Crippen molar-refractivity contribution >= 4 is 5.95 Å². The van der Waals surface area contributed by atoms with Crippen LogP contribution in [0.25, 0.3) is 22.4 Å². The van der Waals surface area contributed by atoms with Gasteiger partial charge in [0.15, 0.2) is 5.82 Å². The van der Waals surface area contributed by atoms with Gasteiger partial charge in [0, 0.05) is 5.56 Å². The van der Waals surface area contributed by atoms with Crippen molar-refractivity contribution in [3.8, 4) is 22.4 Å². The molecule has 3 aromatic rings. The average Bonchev–Trinajstić information content (AvgIpc) is 2.51. The Labute approximate surface area is 115 Å². The SMILES string of the molecule is Nc1ncc(F)c(-c2cccc(-c3ccccc3)c2)n1. The Kier molecular flexibility index (Phi) is 3.13. The molecule has 4 heteroatoms. The smallest absolute Gasteiger partial charge is 0.220 e. The molecule has 0 radical (unpaired) electrons. The first-order chi connectivity index (χ1) is 9.74. The van der Waals surface area contributed by atoms with E-state index in [1.807, 2.05) is 48.5 Å². The first-order valence-electron chi connectivity index (χ1n) is 6.18. The van der Waals surface area contributed by atoms with E-state index in [4.69, 9.17) is 5.73 Å². The molecule has 0 saturated carbocycles. The Bertz CT molecular complexity index is 742. The summed E-state index contributed by atoms with van der Waals surface area (Å²) in [6.07, 6.45) is 1.09. The molecule has 0 saturated heterocycles. The lowest BCUT2D eigenvalue weighted by Gasteiger charge is -2.06. The maximum atomic E-state index is 13.8. The van der Waals surface area contributed by atoms with Crippen LogP contribution in [0.15, 0.2) is 60.8 Å². The van der Waals surface area contributed by atoms with E-state index >= 15 is 0 Å². The van der Waals surface area contributed by atoms with Crippen molar-refractivity contribution in [2.45, 2.75) is 0 Å². The van der Waals surface area contributed by atoms with Gasteiger partial charge in [-0.05, 0) is 17.2 Å². The van der Waals surface area contributed by atoms with E-state index < -0.39 is 5.82 Å². The first kappa shape index (κ1) is 12.3. The zero-order valence-electron chi connectivity index (χ0n) is 10.6. The molecule has 0 atom stereocenters. The van der Waals surface area contributed by atoms with Gasteiger partial charge in [-0.3, -0.25) is 0 Å². The molecule has 0 unspecified atom stereocenters. The van der Waals surface area contributed by atoms with Gasteiger partial charge in [-0.1, -0.05) is 48.5 Å². The van der Waals surface area contributed by atoms with Crippen molar-refractivity contribution in [1.29, 1.82) is 0 Å². The van der Waals surface area contributed by atoms with Gasteiger partial charge in [0.25, 0.3) is 0 Å². The molecule has 0 amide bonds. The lowest BCUT2D eigenvalue weighted by Crippen LogP contribution is -1.98. The third-order valence-electron chi connectivity index (χ3n) is 3.01. The molecule has 0 aliphatic heterocycles. The number of aromatic nitrogens is 2. The lowest BCUT2D eigenvalue weighted by molar-refractivity contribution is 0.619. The highest BCUT2D eigenvalue weighted by atomic mass is 19.1. The maximum Gasteiger partial charge on any atom is 0.220 e. The molecule has 0 spiro atoms. The van der Waals surface area contributed by atoms with Crippen LogP contribution in [0.1, 0.15) is 0 Å². The number of rotatable bonds is 2. The quantitative estimate of drug-likeness (QED) is 0.771. The topological polar surface area (TPSA) is 51.8 Å². The van der Waals surface area contributed by atoms with Crippen LogP contribution in [-0.2, 0) is 0 Å². The summed E-state index contributed by atoms with van der Waals surface area (Å²) < 4.78 is 13.8. The minimum atomic E-state index is -0.482. The molecule has 0 fully saturated rings. The fourth-order valence-electron chi connectivity index (χ4n) is 2.06. The van der Waals surface area contributed by atoms with Gasteiger partial charge in [0.1, 0.15) is 5.69 Å². The third-order valence-corrected chi connectivity index (χ3v) is 3.01. The fraction of sp³-hybridized carbons (Fsp3) is 0. The summed E-state index contributed by atoms with van der Waals surface area (Å²) in [7, 11) is 0. The highest BCUT2D eigenvalue weighted by molar-refractivity contribution is 5.71. The molecular weight excluding hydrogens is 253 g/mol. The third kappa shape index (κ3) is 2.36. The van der Waals surface area contributed by atoms with Crippen molar-refractivity contribution in [2.24, 2.45) is 0 Å². The molecule has 1 aromatic heterocycles. The van der Waals surface area contributed by atoms with Gasteiger partial charge in [0.2, 0.25) is 5.95 Å². The Balaban J connectivity index is 2.10. The van der Waals surface area contributed by atoms with E-state index in [2.05, 4.69) is 9.97 Å². The van der Waals surface area contributed by atoms with Gasteiger partial charge < -0.3 is 5.73 Å². The number of hydrogen-bond donors (Lipinski definition) is 1. The molecule has 3 nitrogen and oxygen atoms in total. The Morgan fingerprint density at radius 3 is 2.35 bits per heavy atom. The van der Waals surface area contributed by atoms with Gasteiger partial charge in [-0.2, -0.15) is 0 Å². The standard InChI is InChI=1S/C16H12FN3/c17-14-10-19-16(18)20-15(14)13-8-4-7-12(9-13)11-5-2-1-3-6-11/h1-10H,(H2,18,19,20). The number of hydrogen-bond acceptors (Lipinski definition) is 3. The summed E-state index contributed by atoms with van der Waals surface area (Å²) in [5.74, 6) is -0.420. The average molecular weight is 265 g/mol. The zero-order valence-corrected chi connectivity index (χ0v) is 10.6. The van der Waals surface area contributed by atoms with Gasteiger partial charge >= 0.3 is 0 Å². The molecule has 2 aromatic carbocycles. The molecular formula is C16H12FN3. The summed E-state index contributed by atoms with van der Waals surface area (Å²) >= 11 is 0. The van der Waals surface area contributed by atoms with Crippen LogP contribution >= 0.6 is 0 Å². The minimum Gasteiger partial charge on any atom is -0.368 e. The summed E-state index contributed by atoms with van der Waals surface area (Å²) in [5, 5.41) is 0. The number of nitrogens with zero attached hydrogens (tertiary/aromatic N) is 2. The number of nitrogens with two attached hydrogens (primary N) is 1. The second-order valence-electron chi connectivity index (χ2n) is 4.37. The number of nitrogen functional groups attached to an aromatic ring is 1. The van der Waals surface area contributed by atoms with E-state index in [1.165, 1.54) is 0 Å². The van der Waals surface area contributed by atoms with Gasteiger partial charge in [-0.25, -0.2) is 14.4 Å². The largest absolute Gasteiger partial charge is 0.368 e. The van der Waals surface area contributed by atoms with Crippen LogP contribution < -0.4 is 5.73 Å². The summed E-state index contributed by atoms with van der Waals surface area (Å²) in [6.45, 7) is 0. The van der Waals surface area contributed by atoms with Crippen molar-refractivity contribution in [2.75, 3.05) is 5.73 Å². The van der Waals surface area contributed by atoms with Gasteiger partial charge in [-0.15, -0.1) is 0 Å². The van der Waals surface area contributed by atoms with Crippen molar-refractivity contribution in [1.82, 2.24) is 9.97 Å². The molecule has 20 heavy (non-hydrogen) atoms. The molecule has 98 valence electrons. The molecule has 0 aliphatic rings. The number of anilines is 1. The van der Waals surface area contributed by atoms with Crippen LogP contribution in [0, 0.1) is 5.82 Å². The number of benzene rings is 2. The summed E-state index contributed by atoms with van der Waals surface area (Å²) in [4.78, 5) is 7.61. The predicted molar refractivity (Wildman–Crippen MR) is 77.3 cm³/mol. The predicted octanol–water partition coefficient (Wildman–Crippen LogP) is 3.53. The Hall–Kier alpha value is -2.75. The minimum absolute atomic E-state index is 0.0616. The zero-order chi connectivity index (χ0) is 13.9. The van der Waals surface area contributed by atoms with E-state index in [0.29, 0.717) is 5.56 Å². The molecule has 1 heterocycles. The summed E-state index contributed by atoms with van der Waals surface area (Å²) in [5.41, 5.74) is 8.49. The lowest BCUT2D eigenvalue weighted by atomic mass is 10.0. The highest BCUT2D eigenvalue weighted by Gasteiger charge is 2.09. The van der Waals surface area contributed by atoms with Gasteiger partial charge in [0.05, 0.1) is 6.20 Å². The van der Waals surface area contributed by atoms with E-state index in [9.17, 15) is 4.39 Å².